The molecule has 29 heavy (non-hydrogen) atoms. The van der Waals surface area contributed by atoms with Gasteiger partial charge in [-0.15, -0.1) is 0 Å². The first-order valence-electron chi connectivity index (χ1n) is 8.75. The number of hydrogen-bond acceptors (Lipinski definition) is 7. The number of ether oxygens (including phenoxy) is 4. The van der Waals surface area contributed by atoms with Crippen molar-refractivity contribution in [1.29, 1.82) is 0 Å². The van der Waals surface area contributed by atoms with Crippen LogP contribution in [0.15, 0.2) is 30.3 Å². The van der Waals surface area contributed by atoms with Crippen molar-refractivity contribution < 1.29 is 32.2 Å². The van der Waals surface area contributed by atoms with Crippen molar-refractivity contribution in [3.8, 4) is 23.0 Å². The number of Topliss-reactive ketones (excluding diaryl/α,β-unsaturated/α-hetero) is 1. The van der Waals surface area contributed by atoms with Gasteiger partial charge in [-0.2, -0.15) is 0 Å². The predicted octanol–water partition coefficient (Wildman–Crippen LogP) is 2.47. The number of hydrogen-bond donors (Lipinski definition) is 0. The lowest BCUT2D eigenvalue weighted by atomic mass is 9.92. The largest absolute Gasteiger partial charge is 0.497 e. The zero-order valence-electron chi connectivity index (χ0n) is 16.9. The van der Waals surface area contributed by atoms with Crippen molar-refractivity contribution in [2.45, 2.75) is 5.92 Å². The van der Waals surface area contributed by atoms with E-state index in [9.17, 15) is 13.2 Å². The topological polar surface area (TPSA) is 91.4 Å². The van der Waals surface area contributed by atoms with Crippen LogP contribution in [0.2, 0.25) is 0 Å². The molecular weight excluding hydrogens is 398 g/mol. The summed E-state index contributed by atoms with van der Waals surface area (Å²) in [6.45, 7) is 0.0107. The number of sulfonamides is 1. The number of carbonyl (C=O) groups is 1. The molecule has 0 bridgehead atoms. The van der Waals surface area contributed by atoms with E-state index in [4.69, 9.17) is 18.9 Å². The van der Waals surface area contributed by atoms with E-state index in [1.807, 2.05) is 0 Å². The Kier molecular flexibility index (Phi) is 5.61. The number of ketones is 1. The third-order valence-corrected chi connectivity index (χ3v) is 6.04. The fraction of sp³-hybridized carbons (Fsp3) is 0.350. The molecule has 0 fully saturated rings. The Morgan fingerprint density at radius 1 is 0.966 bits per heavy atom. The summed E-state index contributed by atoms with van der Waals surface area (Å²) in [5.74, 6) is 0.667. The van der Waals surface area contributed by atoms with E-state index in [0.29, 0.717) is 39.8 Å². The molecule has 0 amide bonds. The third kappa shape index (κ3) is 3.69. The zero-order valence-corrected chi connectivity index (χ0v) is 17.7. The van der Waals surface area contributed by atoms with E-state index < -0.39 is 15.9 Å². The van der Waals surface area contributed by atoms with Crippen LogP contribution in [0.5, 0.6) is 23.0 Å². The van der Waals surface area contributed by atoms with Crippen LogP contribution in [0.4, 0.5) is 5.69 Å². The normalized spacial score (nSPS) is 15.6. The second-order valence-electron chi connectivity index (χ2n) is 6.55. The lowest BCUT2D eigenvalue weighted by Crippen LogP contribution is -2.30. The molecule has 156 valence electrons. The summed E-state index contributed by atoms with van der Waals surface area (Å²) in [6, 6.07) is 8.19. The highest BCUT2D eigenvalue weighted by atomic mass is 32.2. The molecule has 1 aliphatic heterocycles. The third-order valence-electron chi connectivity index (χ3n) is 4.90. The Balaban J connectivity index is 2.09. The Labute approximate surface area is 170 Å². The van der Waals surface area contributed by atoms with Crippen molar-refractivity contribution in [3.63, 3.8) is 0 Å². The minimum absolute atomic E-state index is 0.0107. The van der Waals surface area contributed by atoms with Crippen LogP contribution in [0.1, 0.15) is 21.8 Å². The Bertz CT molecular complexity index is 1020. The molecule has 1 unspecified atom stereocenters. The highest BCUT2D eigenvalue weighted by Crippen LogP contribution is 2.44. The van der Waals surface area contributed by atoms with Gasteiger partial charge in [-0.05, 0) is 23.8 Å². The first-order valence-corrected chi connectivity index (χ1v) is 10.6. The Morgan fingerprint density at radius 3 is 2.07 bits per heavy atom. The van der Waals surface area contributed by atoms with Crippen LogP contribution in [0.25, 0.3) is 0 Å². The van der Waals surface area contributed by atoms with Gasteiger partial charge in [0.25, 0.3) is 0 Å². The molecule has 0 radical (unpaired) electrons. The minimum Gasteiger partial charge on any atom is -0.497 e. The summed E-state index contributed by atoms with van der Waals surface area (Å²) >= 11 is 0. The second-order valence-corrected chi connectivity index (χ2v) is 8.46. The molecule has 8 nitrogen and oxygen atoms in total. The van der Waals surface area contributed by atoms with Crippen molar-refractivity contribution in [1.82, 2.24) is 0 Å². The molecule has 0 aliphatic carbocycles. The summed E-state index contributed by atoms with van der Waals surface area (Å²) in [5.41, 5.74) is 1.40. The molecule has 2 aromatic rings. The molecule has 0 aromatic heterocycles. The van der Waals surface area contributed by atoms with Gasteiger partial charge in [-0.3, -0.25) is 9.10 Å². The molecule has 9 heteroatoms. The van der Waals surface area contributed by atoms with Gasteiger partial charge in [0.05, 0.1) is 46.3 Å². The van der Waals surface area contributed by atoms with Crippen molar-refractivity contribution in [2.24, 2.45) is 0 Å². The van der Waals surface area contributed by atoms with Crippen LogP contribution in [0.3, 0.4) is 0 Å². The summed E-state index contributed by atoms with van der Waals surface area (Å²) < 4.78 is 47.0. The zero-order chi connectivity index (χ0) is 21.3. The molecule has 0 saturated heterocycles. The Hall–Kier alpha value is -2.94. The van der Waals surface area contributed by atoms with Gasteiger partial charge in [-0.25, -0.2) is 8.42 Å². The predicted molar refractivity (Wildman–Crippen MR) is 108 cm³/mol. The first kappa shape index (κ1) is 20.8. The standard InChI is InChI=1S/C20H23NO7S/c1-25-13-6-7-14-15(11-21(16(14)10-13)29(5,23)24)19(22)12-8-17(26-2)20(28-4)18(9-12)27-3/h6-10,15H,11H2,1-5H3. The van der Waals surface area contributed by atoms with Crippen LogP contribution in [-0.2, 0) is 10.0 Å². The first-order chi connectivity index (χ1) is 13.7. The van der Waals surface area contributed by atoms with E-state index in [2.05, 4.69) is 0 Å². The van der Waals surface area contributed by atoms with Crippen LogP contribution in [0, 0.1) is 0 Å². The molecule has 0 saturated carbocycles. The summed E-state index contributed by atoms with van der Waals surface area (Å²) in [7, 11) is 2.34. The number of nitrogens with zero attached hydrogens (tertiary/aromatic N) is 1. The molecule has 1 heterocycles. The van der Waals surface area contributed by atoms with E-state index >= 15 is 0 Å². The molecular formula is C20H23NO7S. The van der Waals surface area contributed by atoms with Gasteiger partial charge in [0.1, 0.15) is 5.75 Å². The summed E-state index contributed by atoms with van der Waals surface area (Å²) in [4.78, 5) is 13.4. The van der Waals surface area contributed by atoms with Gasteiger partial charge < -0.3 is 18.9 Å². The van der Waals surface area contributed by atoms with Crippen LogP contribution in [-0.4, -0.2) is 55.4 Å². The number of anilines is 1. The molecule has 3 rings (SSSR count). The quantitative estimate of drug-likeness (QED) is 0.634. The smallest absolute Gasteiger partial charge is 0.232 e. The average Bonchev–Trinajstić information content (AvgIpc) is 3.11. The summed E-state index contributed by atoms with van der Waals surface area (Å²) in [6.07, 6.45) is 1.11. The number of rotatable bonds is 7. The maximum atomic E-state index is 13.4. The van der Waals surface area contributed by atoms with Gasteiger partial charge in [0, 0.05) is 18.2 Å². The van der Waals surface area contributed by atoms with E-state index in [0.717, 1.165) is 6.26 Å². The second kappa shape index (κ2) is 7.82. The SMILES string of the molecule is COc1ccc2c(c1)N(S(C)(=O)=O)CC2C(=O)c1cc(OC)c(OC)c(OC)c1. The van der Waals surface area contributed by atoms with Gasteiger partial charge >= 0.3 is 0 Å². The minimum atomic E-state index is -3.57. The van der Waals surface area contributed by atoms with E-state index in [-0.39, 0.29) is 12.3 Å². The number of fused-ring (bicyclic) bond motifs is 1. The van der Waals surface area contributed by atoms with Crippen molar-refractivity contribution in [2.75, 3.05) is 45.5 Å². The highest BCUT2D eigenvalue weighted by molar-refractivity contribution is 7.92. The number of benzene rings is 2. The lowest BCUT2D eigenvalue weighted by Gasteiger charge is -2.17. The van der Waals surface area contributed by atoms with Crippen molar-refractivity contribution in [3.05, 3.63) is 41.5 Å². The van der Waals surface area contributed by atoms with Gasteiger partial charge in [-0.1, -0.05) is 6.07 Å². The molecule has 0 spiro atoms. The van der Waals surface area contributed by atoms with Gasteiger partial charge in [0.15, 0.2) is 17.3 Å². The van der Waals surface area contributed by atoms with E-state index in [1.54, 1.807) is 30.3 Å². The maximum Gasteiger partial charge on any atom is 0.232 e. The monoisotopic (exact) mass is 421 g/mol. The lowest BCUT2D eigenvalue weighted by molar-refractivity contribution is 0.0965. The Morgan fingerprint density at radius 2 is 1.59 bits per heavy atom. The molecule has 1 atom stereocenters. The highest BCUT2D eigenvalue weighted by Gasteiger charge is 2.38. The van der Waals surface area contributed by atoms with E-state index in [1.165, 1.54) is 32.7 Å². The maximum absolute atomic E-state index is 13.4. The number of methoxy groups -OCH3 is 4. The fourth-order valence-corrected chi connectivity index (χ4v) is 4.42. The average molecular weight is 421 g/mol. The molecule has 2 aromatic carbocycles. The van der Waals surface area contributed by atoms with Crippen molar-refractivity contribution >= 4 is 21.5 Å². The van der Waals surface area contributed by atoms with Crippen LogP contribution >= 0.6 is 0 Å². The van der Waals surface area contributed by atoms with Crippen LogP contribution < -0.4 is 23.3 Å². The molecule has 1 aliphatic rings. The number of carbonyl (C=O) groups excluding carboxylic acids is 1. The summed E-state index contributed by atoms with van der Waals surface area (Å²) in [5, 5.41) is 0. The fourth-order valence-electron chi connectivity index (χ4n) is 3.49. The molecule has 0 N–H and O–H groups in total. The van der Waals surface area contributed by atoms with Gasteiger partial charge in [0.2, 0.25) is 15.8 Å².